The molecule has 0 aromatic heterocycles. The minimum Gasteiger partial charge on any atom is -0.282 e. The van der Waals surface area contributed by atoms with Crippen LogP contribution >= 0.6 is 0 Å². The third-order valence-electron chi connectivity index (χ3n) is 9.55. The van der Waals surface area contributed by atoms with E-state index in [1.165, 1.54) is 48.5 Å². The van der Waals surface area contributed by atoms with Crippen LogP contribution in [0.3, 0.4) is 0 Å². The monoisotopic (exact) mass is 794 g/mol. The van der Waals surface area contributed by atoms with Crippen molar-refractivity contribution in [3.63, 3.8) is 0 Å². The molecule has 0 fully saturated rings. The molecular formula is C36H42O12S4. The van der Waals surface area contributed by atoms with Crippen LogP contribution in [-0.2, 0) is 40.5 Å². The summed E-state index contributed by atoms with van der Waals surface area (Å²) in [6.07, 6.45) is 3.89. The van der Waals surface area contributed by atoms with E-state index < -0.39 is 40.5 Å². The van der Waals surface area contributed by atoms with Crippen molar-refractivity contribution in [3.05, 3.63) is 119 Å². The second kappa shape index (κ2) is 16.7. The predicted molar refractivity (Wildman–Crippen MR) is 195 cm³/mol. The topological polar surface area (TPSA) is 217 Å². The van der Waals surface area contributed by atoms with Crippen LogP contribution in [0.1, 0.15) is 98.3 Å². The second-order valence-electron chi connectivity index (χ2n) is 13.1. The van der Waals surface area contributed by atoms with E-state index in [1.54, 1.807) is 48.5 Å². The normalized spacial score (nSPS) is 15.1. The molecule has 0 spiro atoms. The SMILES string of the molecule is CC(CCC(CCC(CCC(C)c1ccc(S(=O)(=O)O)cc1)c1ccc(S(=O)(=O)O)cc1)c1ccc(S(=O)(=O)O)cc1)c1ccc(S(=O)(=O)O)cc1. The molecule has 4 atom stereocenters. The van der Waals surface area contributed by atoms with Gasteiger partial charge in [-0.15, -0.1) is 0 Å². The Balaban J connectivity index is 1.59. The van der Waals surface area contributed by atoms with Crippen molar-refractivity contribution in [2.75, 3.05) is 0 Å². The van der Waals surface area contributed by atoms with Gasteiger partial charge in [-0.05, 0) is 133 Å². The van der Waals surface area contributed by atoms with Crippen molar-refractivity contribution in [3.8, 4) is 0 Å². The molecular weight excluding hydrogens is 753 g/mol. The fraction of sp³-hybridized carbons (Fsp3) is 0.333. The van der Waals surface area contributed by atoms with Gasteiger partial charge in [0.15, 0.2) is 0 Å². The van der Waals surface area contributed by atoms with Crippen LogP contribution in [0.15, 0.2) is 117 Å². The molecule has 4 aromatic carbocycles. The fourth-order valence-electron chi connectivity index (χ4n) is 6.35. The van der Waals surface area contributed by atoms with Crippen LogP contribution in [0.25, 0.3) is 0 Å². The molecule has 4 N–H and O–H groups in total. The van der Waals surface area contributed by atoms with Crippen molar-refractivity contribution in [2.45, 2.75) is 95.6 Å². The van der Waals surface area contributed by atoms with E-state index in [-0.39, 0.29) is 43.3 Å². The maximum atomic E-state index is 11.7. The highest BCUT2D eigenvalue weighted by atomic mass is 32.2. The maximum Gasteiger partial charge on any atom is 0.294 e. The molecule has 0 radical (unpaired) electrons. The van der Waals surface area contributed by atoms with Crippen molar-refractivity contribution in [1.82, 2.24) is 0 Å². The largest absolute Gasteiger partial charge is 0.294 e. The highest BCUT2D eigenvalue weighted by Crippen LogP contribution is 2.38. The minimum atomic E-state index is -4.41. The van der Waals surface area contributed by atoms with Gasteiger partial charge in [0, 0.05) is 0 Å². The van der Waals surface area contributed by atoms with E-state index >= 15 is 0 Å². The molecule has 4 unspecified atom stereocenters. The quantitative estimate of drug-likeness (QED) is 0.0765. The summed E-state index contributed by atoms with van der Waals surface area (Å²) in [7, 11) is -17.5. The smallest absolute Gasteiger partial charge is 0.282 e. The van der Waals surface area contributed by atoms with Crippen molar-refractivity contribution in [1.29, 1.82) is 0 Å². The third-order valence-corrected chi connectivity index (χ3v) is 13.0. The molecule has 282 valence electrons. The summed E-state index contributed by atoms with van der Waals surface area (Å²) in [5.74, 6) is -0.182. The van der Waals surface area contributed by atoms with Gasteiger partial charge in [-0.1, -0.05) is 62.4 Å². The van der Waals surface area contributed by atoms with Gasteiger partial charge in [-0.25, -0.2) is 0 Å². The van der Waals surface area contributed by atoms with Gasteiger partial charge < -0.3 is 0 Å². The molecule has 0 saturated carbocycles. The highest BCUT2D eigenvalue weighted by Gasteiger charge is 2.22. The standard InChI is InChI=1S/C36H42O12S4/c1-25(27-9-17-33(18-10-27)49(37,38)39)3-5-29(31-13-21-35(22-14-31)51(43,44)45)7-8-30(32-15-23-36(24-16-32)52(46,47)48)6-4-26(2)28-11-19-34(20-12-28)50(40,41)42/h9-26,29-30H,3-8H2,1-2H3,(H,37,38,39)(H,40,41,42)(H,43,44,45)(H,46,47,48). The van der Waals surface area contributed by atoms with Crippen molar-refractivity contribution < 1.29 is 51.9 Å². The van der Waals surface area contributed by atoms with Crippen LogP contribution in [0, 0.1) is 0 Å². The number of rotatable bonds is 17. The summed E-state index contributed by atoms with van der Waals surface area (Å²) in [6, 6.07) is 24.0. The highest BCUT2D eigenvalue weighted by molar-refractivity contribution is 7.86. The zero-order chi connectivity index (χ0) is 38.5. The summed E-state index contributed by atoms with van der Waals surface area (Å²) >= 11 is 0. The molecule has 0 saturated heterocycles. The van der Waals surface area contributed by atoms with E-state index in [0.29, 0.717) is 38.5 Å². The zero-order valence-electron chi connectivity index (χ0n) is 28.5. The number of hydrogen-bond acceptors (Lipinski definition) is 8. The lowest BCUT2D eigenvalue weighted by molar-refractivity contribution is 0.449. The van der Waals surface area contributed by atoms with Crippen LogP contribution in [0.5, 0.6) is 0 Å². The van der Waals surface area contributed by atoms with Gasteiger partial charge >= 0.3 is 0 Å². The molecule has 0 heterocycles. The van der Waals surface area contributed by atoms with Crippen LogP contribution < -0.4 is 0 Å². The Morgan fingerprint density at radius 1 is 0.346 bits per heavy atom. The lowest BCUT2D eigenvalue weighted by Gasteiger charge is -2.25. The molecule has 0 aliphatic heterocycles. The van der Waals surface area contributed by atoms with Gasteiger partial charge in [0.05, 0.1) is 19.6 Å². The van der Waals surface area contributed by atoms with E-state index in [4.69, 9.17) is 0 Å². The fourth-order valence-corrected chi connectivity index (χ4v) is 8.27. The van der Waals surface area contributed by atoms with E-state index in [9.17, 15) is 51.9 Å². The summed E-state index contributed by atoms with van der Waals surface area (Å²) in [6.45, 7) is 3.98. The first kappa shape index (κ1) is 41.3. The summed E-state index contributed by atoms with van der Waals surface area (Å²) < 4.78 is 131. The maximum absolute atomic E-state index is 11.7. The summed E-state index contributed by atoms with van der Waals surface area (Å²) in [5, 5.41) is 0. The molecule has 0 bridgehead atoms. The summed E-state index contributed by atoms with van der Waals surface area (Å²) in [5.41, 5.74) is 3.41. The Labute approximate surface area is 305 Å². The van der Waals surface area contributed by atoms with E-state index in [2.05, 4.69) is 0 Å². The lowest BCUT2D eigenvalue weighted by atomic mass is 9.80. The number of benzene rings is 4. The average Bonchev–Trinajstić information content (AvgIpc) is 3.08. The molecule has 0 aliphatic rings. The Bertz CT molecular complexity index is 2090. The first-order valence-corrected chi connectivity index (χ1v) is 22.2. The Morgan fingerprint density at radius 2 is 0.538 bits per heavy atom. The van der Waals surface area contributed by atoms with Gasteiger partial charge in [0.2, 0.25) is 0 Å². The van der Waals surface area contributed by atoms with Crippen LogP contribution in [0.4, 0.5) is 0 Å². The number of hydrogen-bond donors (Lipinski definition) is 4. The molecule has 0 amide bonds. The molecule has 52 heavy (non-hydrogen) atoms. The summed E-state index contributed by atoms with van der Waals surface area (Å²) in [4.78, 5) is -0.892. The van der Waals surface area contributed by atoms with Crippen molar-refractivity contribution >= 4 is 40.5 Å². The Kier molecular flexibility index (Phi) is 13.2. The van der Waals surface area contributed by atoms with E-state index in [0.717, 1.165) is 22.3 Å². The second-order valence-corrected chi connectivity index (χ2v) is 18.8. The first-order valence-electron chi connectivity index (χ1n) is 16.4. The molecule has 16 heteroatoms. The van der Waals surface area contributed by atoms with E-state index in [1.807, 2.05) is 13.8 Å². The minimum absolute atomic E-state index is 0.00753. The average molecular weight is 795 g/mol. The van der Waals surface area contributed by atoms with Crippen LogP contribution in [0.2, 0.25) is 0 Å². The molecule has 4 rings (SSSR count). The molecule has 0 aliphatic carbocycles. The third kappa shape index (κ3) is 11.5. The lowest BCUT2D eigenvalue weighted by Crippen LogP contribution is -2.08. The molecule has 12 nitrogen and oxygen atoms in total. The molecule has 4 aromatic rings. The Morgan fingerprint density at radius 3 is 0.750 bits per heavy atom. The zero-order valence-corrected chi connectivity index (χ0v) is 31.7. The van der Waals surface area contributed by atoms with Gasteiger partial charge in [-0.2, -0.15) is 33.7 Å². The van der Waals surface area contributed by atoms with Gasteiger partial charge in [-0.3, -0.25) is 18.2 Å². The van der Waals surface area contributed by atoms with Gasteiger partial charge in [0.25, 0.3) is 40.5 Å². The van der Waals surface area contributed by atoms with Gasteiger partial charge in [0.1, 0.15) is 0 Å². The van der Waals surface area contributed by atoms with Crippen molar-refractivity contribution in [2.24, 2.45) is 0 Å². The Hall–Kier alpha value is -3.48. The van der Waals surface area contributed by atoms with Crippen LogP contribution in [-0.4, -0.2) is 51.9 Å². The predicted octanol–water partition coefficient (Wildman–Crippen LogP) is 7.49. The first-order chi connectivity index (χ1) is 24.1.